The molecule has 3 aromatic heterocycles. The van der Waals surface area contributed by atoms with Gasteiger partial charge >= 0.3 is 5.97 Å². The van der Waals surface area contributed by atoms with Gasteiger partial charge in [0.15, 0.2) is 5.96 Å². The molecule has 3 rings (SSSR count). The van der Waals surface area contributed by atoms with Gasteiger partial charge in [-0.2, -0.15) is 0 Å². The molecule has 0 bridgehead atoms. The molecule has 0 aromatic carbocycles. The average molecular weight is 448 g/mol. The molecule has 0 fully saturated rings. The SMILES string of the molecule is CCNC(=NCc1coc(-c2cccs2)n1)NC(C)c1nc(C)c(C(=O)OCC)s1. The number of carbonyl (C=O) groups is 1. The summed E-state index contributed by atoms with van der Waals surface area (Å²) in [7, 11) is 0. The second-order valence-corrected chi connectivity index (χ2v) is 8.35. The predicted molar refractivity (Wildman–Crippen MR) is 119 cm³/mol. The number of thiazole rings is 1. The molecular weight excluding hydrogens is 422 g/mol. The van der Waals surface area contributed by atoms with Crippen LogP contribution in [0.4, 0.5) is 0 Å². The zero-order chi connectivity index (χ0) is 21.5. The summed E-state index contributed by atoms with van der Waals surface area (Å²) < 4.78 is 10.6. The van der Waals surface area contributed by atoms with E-state index in [1.54, 1.807) is 24.5 Å². The molecule has 3 heterocycles. The van der Waals surface area contributed by atoms with Gasteiger partial charge in [-0.15, -0.1) is 22.7 Å². The zero-order valence-corrected chi connectivity index (χ0v) is 19.0. The molecule has 8 nitrogen and oxygen atoms in total. The average Bonchev–Trinajstić information content (AvgIpc) is 3.46. The van der Waals surface area contributed by atoms with Crippen molar-refractivity contribution in [3.63, 3.8) is 0 Å². The third-order valence-corrected chi connectivity index (χ3v) is 6.20. The van der Waals surface area contributed by atoms with E-state index in [9.17, 15) is 4.79 Å². The first kappa shape index (κ1) is 22.0. The van der Waals surface area contributed by atoms with Crippen molar-refractivity contribution in [3.8, 4) is 10.8 Å². The number of esters is 1. The fourth-order valence-corrected chi connectivity index (χ4v) is 4.25. The Morgan fingerprint density at radius 2 is 2.20 bits per heavy atom. The first-order valence-corrected chi connectivity index (χ1v) is 11.4. The Morgan fingerprint density at radius 3 is 2.90 bits per heavy atom. The van der Waals surface area contributed by atoms with Crippen LogP contribution in [0.15, 0.2) is 33.2 Å². The second-order valence-electron chi connectivity index (χ2n) is 6.37. The van der Waals surface area contributed by atoms with Crippen LogP contribution in [0.2, 0.25) is 0 Å². The van der Waals surface area contributed by atoms with E-state index in [0.717, 1.165) is 15.6 Å². The number of hydrogen-bond acceptors (Lipinski definition) is 8. The summed E-state index contributed by atoms with van der Waals surface area (Å²) in [6.07, 6.45) is 1.63. The first-order valence-electron chi connectivity index (χ1n) is 9.69. The number of rotatable bonds is 8. The number of thiophene rings is 1. The number of aromatic nitrogens is 2. The maximum absolute atomic E-state index is 12.0. The van der Waals surface area contributed by atoms with Gasteiger partial charge in [0.25, 0.3) is 0 Å². The van der Waals surface area contributed by atoms with Gasteiger partial charge in [0.2, 0.25) is 5.89 Å². The highest BCUT2D eigenvalue weighted by Gasteiger charge is 2.20. The van der Waals surface area contributed by atoms with E-state index in [4.69, 9.17) is 9.15 Å². The van der Waals surface area contributed by atoms with Crippen LogP contribution in [0.5, 0.6) is 0 Å². The third kappa shape index (κ3) is 5.45. The number of ether oxygens (including phenoxy) is 1. The molecule has 1 atom stereocenters. The molecule has 0 aliphatic rings. The van der Waals surface area contributed by atoms with Crippen LogP contribution >= 0.6 is 22.7 Å². The molecule has 30 heavy (non-hydrogen) atoms. The van der Waals surface area contributed by atoms with Crippen LogP contribution in [-0.2, 0) is 11.3 Å². The highest BCUT2D eigenvalue weighted by atomic mass is 32.1. The van der Waals surface area contributed by atoms with E-state index < -0.39 is 0 Å². The summed E-state index contributed by atoms with van der Waals surface area (Å²) in [4.78, 5) is 27.2. The Bertz CT molecular complexity index is 994. The standard InChI is InChI=1S/C20H25N5O3S2/c1-5-21-20(22-10-14-11-28-17(25-14)15-8-7-9-29-15)24-13(4)18-23-12(3)16(30-18)19(26)27-6-2/h7-9,11,13H,5-6,10H2,1-4H3,(H2,21,22,24). The van der Waals surface area contributed by atoms with Gasteiger partial charge in [0.1, 0.15) is 21.8 Å². The Labute approximate surface area is 183 Å². The topological polar surface area (TPSA) is 102 Å². The van der Waals surface area contributed by atoms with Gasteiger partial charge < -0.3 is 19.8 Å². The van der Waals surface area contributed by atoms with Crippen LogP contribution in [0.1, 0.15) is 52.9 Å². The van der Waals surface area contributed by atoms with Crippen molar-refractivity contribution in [2.75, 3.05) is 13.2 Å². The van der Waals surface area contributed by atoms with Crippen LogP contribution in [-0.4, -0.2) is 35.0 Å². The molecule has 2 N–H and O–H groups in total. The Hall–Kier alpha value is -2.72. The fourth-order valence-electron chi connectivity index (χ4n) is 2.63. The number of hydrogen-bond donors (Lipinski definition) is 2. The minimum atomic E-state index is -0.334. The minimum absolute atomic E-state index is 0.131. The first-order chi connectivity index (χ1) is 14.5. The lowest BCUT2D eigenvalue weighted by atomic mass is 10.3. The summed E-state index contributed by atoms with van der Waals surface area (Å²) in [6.45, 7) is 9.01. The highest BCUT2D eigenvalue weighted by Crippen LogP contribution is 2.25. The molecule has 0 saturated carbocycles. The van der Waals surface area contributed by atoms with Gasteiger partial charge in [-0.3, -0.25) is 0 Å². The van der Waals surface area contributed by atoms with Crippen molar-refractivity contribution in [2.45, 2.75) is 40.3 Å². The lowest BCUT2D eigenvalue weighted by Crippen LogP contribution is -2.38. The number of nitrogens with zero attached hydrogens (tertiary/aromatic N) is 3. The summed E-state index contributed by atoms with van der Waals surface area (Å²) in [5.41, 5.74) is 1.42. The number of aryl methyl sites for hydroxylation is 1. The molecule has 1 unspecified atom stereocenters. The molecule has 0 aliphatic heterocycles. The van der Waals surface area contributed by atoms with Crippen LogP contribution in [0, 0.1) is 6.92 Å². The molecule has 0 amide bonds. The predicted octanol–water partition coefficient (Wildman–Crippen LogP) is 4.16. The maximum atomic E-state index is 12.0. The van der Waals surface area contributed by atoms with Gasteiger partial charge in [-0.05, 0) is 39.1 Å². The van der Waals surface area contributed by atoms with Crippen molar-refractivity contribution in [1.29, 1.82) is 0 Å². The van der Waals surface area contributed by atoms with Crippen LogP contribution in [0.3, 0.4) is 0 Å². The van der Waals surface area contributed by atoms with E-state index in [1.807, 2.05) is 38.3 Å². The maximum Gasteiger partial charge on any atom is 0.350 e. The third-order valence-electron chi connectivity index (χ3n) is 4.02. The number of nitrogens with one attached hydrogen (secondary N) is 2. The summed E-state index contributed by atoms with van der Waals surface area (Å²) >= 11 is 2.92. The lowest BCUT2D eigenvalue weighted by Gasteiger charge is -2.15. The normalized spacial score (nSPS) is 12.6. The van der Waals surface area contributed by atoms with E-state index >= 15 is 0 Å². The van der Waals surface area contributed by atoms with Crippen molar-refractivity contribution >= 4 is 34.6 Å². The number of guanidine groups is 1. The molecule has 0 radical (unpaired) electrons. The Kier molecular flexibility index (Phi) is 7.58. The van der Waals surface area contributed by atoms with Gasteiger partial charge in [-0.1, -0.05) is 6.07 Å². The largest absolute Gasteiger partial charge is 0.462 e. The van der Waals surface area contributed by atoms with Crippen LogP contribution < -0.4 is 10.6 Å². The monoisotopic (exact) mass is 447 g/mol. The lowest BCUT2D eigenvalue weighted by molar-refractivity contribution is 0.0531. The van der Waals surface area contributed by atoms with Gasteiger partial charge in [0.05, 0.1) is 29.8 Å². The fraction of sp³-hybridized carbons (Fsp3) is 0.400. The number of aliphatic imine (C=N–C) groups is 1. The molecule has 160 valence electrons. The molecule has 0 saturated heterocycles. The van der Waals surface area contributed by atoms with E-state index in [-0.39, 0.29) is 12.0 Å². The molecular formula is C20H25N5O3S2. The second kappa shape index (κ2) is 10.4. The van der Waals surface area contributed by atoms with Crippen molar-refractivity contribution in [1.82, 2.24) is 20.6 Å². The van der Waals surface area contributed by atoms with Gasteiger partial charge in [-0.25, -0.2) is 19.8 Å². The minimum Gasteiger partial charge on any atom is -0.462 e. The Balaban J connectivity index is 1.67. The summed E-state index contributed by atoms with van der Waals surface area (Å²) in [6, 6.07) is 3.80. The van der Waals surface area contributed by atoms with Crippen molar-refractivity contribution in [3.05, 3.63) is 45.0 Å². The van der Waals surface area contributed by atoms with E-state index in [2.05, 4.69) is 25.6 Å². The molecule has 10 heteroatoms. The Morgan fingerprint density at radius 1 is 1.37 bits per heavy atom. The molecule has 0 aliphatic carbocycles. The number of oxazole rings is 1. The molecule has 0 spiro atoms. The van der Waals surface area contributed by atoms with Gasteiger partial charge in [0, 0.05) is 6.54 Å². The van der Waals surface area contributed by atoms with E-state index in [0.29, 0.717) is 42.1 Å². The van der Waals surface area contributed by atoms with Crippen molar-refractivity contribution in [2.24, 2.45) is 4.99 Å². The van der Waals surface area contributed by atoms with Crippen molar-refractivity contribution < 1.29 is 13.9 Å². The van der Waals surface area contributed by atoms with Crippen LogP contribution in [0.25, 0.3) is 10.8 Å². The zero-order valence-electron chi connectivity index (χ0n) is 17.4. The number of carbonyl (C=O) groups excluding carboxylic acids is 1. The highest BCUT2D eigenvalue weighted by molar-refractivity contribution is 7.14. The van der Waals surface area contributed by atoms with E-state index in [1.165, 1.54) is 11.3 Å². The summed E-state index contributed by atoms with van der Waals surface area (Å²) in [5, 5.41) is 9.33. The smallest absolute Gasteiger partial charge is 0.350 e. The quantitative estimate of drug-likeness (QED) is 0.304. The summed E-state index contributed by atoms with van der Waals surface area (Å²) in [5.74, 6) is 0.904. The molecule has 3 aromatic rings.